The van der Waals surface area contributed by atoms with Crippen LogP contribution in [-0.2, 0) is 17.8 Å². The summed E-state index contributed by atoms with van der Waals surface area (Å²) in [6.07, 6.45) is 1.54. The zero-order valence-corrected chi connectivity index (χ0v) is 14.4. The molecule has 0 aliphatic carbocycles. The minimum atomic E-state index is -0.483. The summed E-state index contributed by atoms with van der Waals surface area (Å²) in [7, 11) is 0. The van der Waals surface area contributed by atoms with Gasteiger partial charge in [0.1, 0.15) is 5.60 Å². The molecule has 1 amide bonds. The third-order valence-electron chi connectivity index (χ3n) is 3.38. The fraction of sp³-hybridized carbons (Fsp3) is 0.375. The number of halogens is 1. The number of benzene rings is 1. The number of amides is 1. The van der Waals surface area contributed by atoms with Crippen molar-refractivity contribution >= 4 is 22.0 Å². The van der Waals surface area contributed by atoms with Crippen molar-refractivity contribution in [1.29, 1.82) is 0 Å². The van der Waals surface area contributed by atoms with Crippen molar-refractivity contribution in [3.05, 3.63) is 46.2 Å². The van der Waals surface area contributed by atoms with Crippen LogP contribution in [0.3, 0.4) is 0 Å². The average Bonchev–Trinajstić information content (AvgIpc) is 2.97. The maximum absolute atomic E-state index is 12.2. The van der Waals surface area contributed by atoms with Crippen molar-refractivity contribution in [2.75, 3.05) is 0 Å². The maximum Gasteiger partial charge on any atom is 0.410 e. The Balaban J connectivity index is 1.80. The SMILES string of the molecule is CC(C)(C)OC(=O)N1Cc2cnn(-c3ccc(Br)cc3)c2C1. The van der Waals surface area contributed by atoms with E-state index in [0.29, 0.717) is 13.1 Å². The molecule has 1 aliphatic rings. The van der Waals surface area contributed by atoms with Crippen LogP contribution in [0.4, 0.5) is 4.79 Å². The molecular weight excluding hydrogens is 346 g/mol. The predicted molar refractivity (Wildman–Crippen MR) is 86.7 cm³/mol. The molecule has 0 fully saturated rings. The molecule has 0 saturated carbocycles. The van der Waals surface area contributed by atoms with Crippen molar-refractivity contribution < 1.29 is 9.53 Å². The summed E-state index contributed by atoms with van der Waals surface area (Å²) in [6, 6.07) is 7.94. The summed E-state index contributed by atoms with van der Waals surface area (Å²) in [6.45, 7) is 6.67. The van der Waals surface area contributed by atoms with Crippen LogP contribution in [0, 0.1) is 0 Å². The van der Waals surface area contributed by atoms with Crippen LogP contribution in [0.5, 0.6) is 0 Å². The second-order valence-electron chi connectivity index (χ2n) is 6.34. The van der Waals surface area contributed by atoms with Crippen LogP contribution < -0.4 is 0 Å². The predicted octanol–water partition coefficient (Wildman–Crippen LogP) is 3.89. The lowest BCUT2D eigenvalue weighted by atomic mass is 10.2. The minimum Gasteiger partial charge on any atom is -0.444 e. The molecule has 0 atom stereocenters. The molecule has 0 N–H and O–H groups in total. The summed E-state index contributed by atoms with van der Waals surface area (Å²) < 4.78 is 8.34. The Bertz CT molecular complexity index is 701. The highest BCUT2D eigenvalue weighted by Gasteiger charge is 2.30. The average molecular weight is 364 g/mol. The van der Waals surface area contributed by atoms with Crippen LogP contribution in [-0.4, -0.2) is 26.4 Å². The van der Waals surface area contributed by atoms with Crippen LogP contribution in [0.15, 0.2) is 34.9 Å². The van der Waals surface area contributed by atoms with Crippen molar-refractivity contribution in [2.45, 2.75) is 39.5 Å². The molecule has 1 aromatic carbocycles. The van der Waals surface area contributed by atoms with Gasteiger partial charge in [0.2, 0.25) is 0 Å². The number of carbonyl (C=O) groups excluding carboxylic acids is 1. The zero-order chi connectivity index (χ0) is 15.9. The van der Waals surface area contributed by atoms with Gasteiger partial charge in [0.25, 0.3) is 0 Å². The number of hydrogen-bond donors (Lipinski definition) is 0. The van der Waals surface area contributed by atoms with Crippen molar-refractivity contribution in [3.8, 4) is 5.69 Å². The lowest BCUT2D eigenvalue weighted by Crippen LogP contribution is -2.33. The van der Waals surface area contributed by atoms with E-state index in [2.05, 4.69) is 21.0 Å². The molecule has 2 heterocycles. The monoisotopic (exact) mass is 363 g/mol. The van der Waals surface area contributed by atoms with E-state index in [1.165, 1.54) is 0 Å². The summed E-state index contributed by atoms with van der Waals surface area (Å²) in [5, 5.41) is 4.43. The molecule has 5 nitrogen and oxygen atoms in total. The van der Waals surface area contributed by atoms with E-state index < -0.39 is 5.60 Å². The molecule has 22 heavy (non-hydrogen) atoms. The molecule has 1 aliphatic heterocycles. The van der Waals surface area contributed by atoms with Gasteiger partial charge in [-0.05, 0) is 45.0 Å². The summed E-state index contributed by atoms with van der Waals surface area (Å²) in [4.78, 5) is 13.9. The fourth-order valence-corrected chi connectivity index (χ4v) is 2.68. The number of ether oxygens (including phenoxy) is 1. The molecule has 3 rings (SSSR count). The van der Waals surface area contributed by atoms with E-state index in [-0.39, 0.29) is 6.09 Å². The highest BCUT2D eigenvalue weighted by atomic mass is 79.9. The van der Waals surface area contributed by atoms with Gasteiger partial charge in [-0.25, -0.2) is 9.48 Å². The number of fused-ring (bicyclic) bond motifs is 1. The minimum absolute atomic E-state index is 0.286. The first-order valence-electron chi connectivity index (χ1n) is 7.13. The smallest absolute Gasteiger partial charge is 0.410 e. The van der Waals surface area contributed by atoms with Gasteiger partial charge in [-0.2, -0.15) is 5.10 Å². The zero-order valence-electron chi connectivity index (χ0n) is 12.8. The number of rotatable bonds is 1. The van der Waals surface area contributed by atoms with E-state index >= 15 is 0 Å². The van der Waals surface area contributed by atoms with E-state index in [9.17, 15) is 4.79 Å². The first kappa shape index (κ1) is 15.1. The van der Waals surface area contributed by atoms with Crippen molar-refractivity contribution in [2.24, 2.45) is 0 Å². The van der Waals surface area contributed by atoms with Crippen LogP contribution >= 0.6 is 15.9 Å². The summed E-state index contributed by atoms with van der Waals surface area (Å²) >= 11 is 3.43. The Labute approximate surface area is 138 Å². The molecule has 0 spiro atoms. The van der Waals surface area contributed by atoms with Crippen LogP contribution in [0.25, 0.3) is 5.69 Å². The second kappa shape index (κ2) is 5.43. The Morgan fingerprint density at radius 1 is 1.23 bits per heavy atom. The molecule has 0 saturated heterocycles. The second-order valence-corrected chi connectivity index (χ2v) is 7.26. The lowest BCUT2D eigenvalue weighted by molar-refractivity contribution is 0.0239. The standard InChI is InChI=1S/C16H18BrN3O2/c1-16(2,3)22-15(21)19-9-11-8-18-20(14(11)10-19)13-6-4-12(17)5-7-13/h4-8H,9-10H2,1-3H3. The van der Waals surface area contributed by atoms with Crippen molar-refractivity contribution in [3.63, 3.8) is 0 Å². The Morgan fingerprint density at radius 2 is 1.91 bits per heavy atom. The third-order valence-corrected chi connectivity index (χ3v) is 3.91. The summed E-state index contributed by atoms with van der Waals surface area (Å²) in [5.74, 6) is 0. The maximum atomic E-state index is 12.2. The fourth-order valence-electron chi connectivity index (χ4n) is 2.41. The highest BCUT2D eigenvalue weighted by Crippen LogP contribution is 2.27. The van der Waals surface area contributed by atoms with Gasteiger partial charge in [0.05, 0.1) is 30.7 Å². The third kappa shape index (κ3) is 3.02. The molecule has 2 aromatic rings. The van der Waals surface area contributed by atoms with Gasteiger partial charge >= 0.3 is 6.09 Å². The van der Waals surface area contributed by atoms with Crippen molar-refractivity contribution in [1.82, 2.24) is 14.7 Å². The van der Waals surface area contributed by atoms with Gasteiger partial charge in [-0.15, -0.1) is 0 Å². The normalized spacial score (nSPS) is 14.1. The highest BCUT2D eigenvalue weighted by molar-refractivity contribution is 9.10. The molecule has 116 valence electrons. The first-order valence-corrected chi connectivity index (χ1v) is 7.92. The van der Waals surface area contributed by atoms with E-state index in [1.54, 1.807) is 4.90 Å². The lowest BCUT2D eigenvalue weighted by Gasteiger charge is -2.24. The Kier molecular flexibility index (Phi) is 3.72. The number of aromatic nitrogens is 2. The van der Waals surface area contributed by atoms with Gasteiger partial charge in [-0.3, -0.25) is 4.90 Å². The van der Waals surface area contributed by atoms with Gasteiger partial charge in [0, 0.05) is 10.0 Å². The topological polar surface area (TPSA) is 47.4 Å². The Hall–Kier alpha value is -1.82. The van der Waals surface area contributed by atoms with E-state index in [0.717, 1.165) is 21.4 Å². The molecule has 1 aromatic heterocycles. The number of hydrogen-bond acceptors (Lipinski definition) is 3. The van der Waals surface area contributed by atoms with Crippen LogP contribution in [0.2, 0.25) is 0 Å². The molecule has 0 unspecified atom stereocenters. The van der Waals surface area contributed by atoms with Gasteiger partial charge in [-0.1, -0.05) is 15.9 Å². The number of nitrogens with zero attached hydrogens (tertiary/aromatic N) is 3. The number of carbonyl (C=O) groups is 1. The Morgan fingerprint density at radius 3 is 2.55 bits per heavy atom. The van der Waals surface area contributed by atoms with E-state index in [1.807, 2.05) is 55.9 Å². The van der Waals surface area contributed by atoms with E-state index in [4.69, 9.17) is 4.74 Å². The largest absolute Gasteiger partial charge is 0.444 e. The summed E-state index contributed by atoms with van der Waals surface area (Å²) in [5.41, 5.74) is 2.60. The van der Waals surface area contributed by atoms with Gasteiger partial charge < -0.3 is 4.74 Å². The van der Waals surface area contributed by atoms with Gasteiger partial charge in [0.15, 0.2) is 0 Å². The molecule has 0 radical (unpaired) electrons. The molecule has 0 bridgehead atoms. The van der Waals surface area contributed by atoms with Crippen LogP contribution in [0.1, 0.15) is 32.0 Å². The first-order chi connectivity index (χ1) is 10.3. The quantitative estimate of drug-likeness (QED) is 0.772. The molecular formula is C16H18BrN3O2. The molecule has 6 heteroatoms.